The summed E-state index contributed by atoms with van der Waals surface area (Å²) in [5.74, 6) is -0.0741. The first-order valence-electron chi connectivity index (χ1n) is 7.04. The molecule has 0 aromatic heterocycles. The van der Waals surface area contributed by atoms with Crippen molar-refractivity contribution in [3.8, 4) is 0 Å². The summed E-state index contributed by atoms with van der Waals surface area (Å²) in [6.45, 7) is 4.77. The summed E-state index contributed by atoms with van der Waals surface area (Å²) in [7, 11) is 0. The van der Waals surface area contributed by atoms with Crippen molar-refractivity contribution in [1.29, 1.82) is 0 Å². The molecular weight excluding hydrogens is 270 g/mol. The third-order valence-electron chi connectivity index (χ3n) is 3.56. The number of hydrogen-bond donors (Lipinski definition) is 2. The molecule has 1 aromatic carbocycles. The second-order valence-electron chi connectivity index (χ2n) is 5.06. The number of nitrogens with two attached hydrogens (primary N) is 1. The van der Waals surface area contributed by atoms with Crippen molar-refractivity contribution in [2.75, 3.05) is 19.6 Å². The number of rotatable bonds is 7. The summed E-state index contributed by atoms with van der Waals surface area (Å²) >= 11 is 4.92. The van der Waals surface area contributed by atoms with Gasteiger partial charge in [0, 0.05) is 30.3 Å². The molecule has 0 bridgehead atoms. The Hall–Kier alpha value is -1.46. The van der Waals surface area contributed by atoms with E-state index in [2.05, 4.69) is 17.1 Å². The maximum atomic E-state index is 12.1. The molecular formula is C15H21N3OS. The molecule has 0 saturated heterocycles. The van der Waals surface area contributed by atoms with Crippen LogP contribution in [0.4, 0.5) is 0 Å². The summed E-state index contributed by atoms with van der Waals surface area (Å²) < 4.78 is 0. The van der Waals surface area contributed by atoms with Gasteiger partial charge in [-0.05, 0) is 31.5 Å². The molecule has 1 fully saturated rings. The lowest BCUT2D eigenvalue weighted by Crippen LogP contribution is -2.36. The van der Waals surface area contributed by atoms with Crippen LogP contribution in [0.5, 0.6) is 0 Å². The summed E-state index contributed by atoms with van der Waals surface area (Å²) in [6.07, 6.45) is 2.58. The topological polar surface area (TPSA) is 58.4 Å². The Balaban J connectivity index is 1.85. The molecule has 1 aromatic rings. The van der Waals surface area contributed by atoms with Crippen LogP contribution in [0, 0.1) is 0 Å². The van der Waals surface area contributed by atoms with Crippen molar-refractivity contribution < 1.29 is 4.79 Å². The van der Waals surface area contributed by atoms with Crippen LogP contribution in [-0.4, -0.2) is 41.5 Å². The first kappa shape index (κ1) is 14.9. The van der Waals surface area contributed by atoms with Crippen molar-refractivity contribution >= 4 is 23.1 Å². The van der Waals surface area contributed by atoms with Gasteiger partial charge in [0.05, 0.1) is 0 Å². The average Bonchev–Trinajstić information content (AvgIpc) is 3.28. The minimum absolute atomic E-state index is 0.0741. The first-order valence-corrected chi connectivity index (χ1v) is 7.44. The zero-order valence-corrected chi connectivity index (χ0v) is 12.6. The molecule has 0 unspecified atom stereocenters. The van der Waals surface area contributed by atoms with Gasteiger partial charge < -0.3 is 11.1 Å². The second-order valence-corrected chi connectivity index (χ2v) is 5.50. The van der Waals surface area contributed by atoms with Gasteiger partial charge in [0.25, 0.3) is 5.91 Å². The highest BCUT2D eigenvalue weighted by Gasteiger charge is 2.27. The lowest BCUT2D eigenvalue weighted by Gasteiger charge is -2.19. The van der Waals surface area contributed by atoms with E-state index in [0.717, 1.165) is 24.7 Å². The zero-order valence-electron chi connectivity index (χ0n) is 11.8. The number of hydrogen-bond acceptors (Lipinski definition) is 3. The van der Waals surface area contributed by atoms with E-state index in [1.54, 1.807) is 18.2 Å². The Morgan fingerprint density at radius 1 is 1.45 bits per heavy atom. The molecule has 0 heterocycles. The SMILES string of the molecule is CCN(CCNC(=O)c1cccc(C(N)=S)c1)C1CC1. The van der Waals surface area contributed by atoms with E-state index in [0.29, 0.717) is 17.1 Å². The van der Waals surface area contributed by atoms with Crippen LogP contribution in [0.25, 0.3) is 0 Å². The highest BCUT2D eigenvalue weighted by Crippen LogP contribution is 2.25. The van der Waals surface area contributed by atoms with Gasteiger partial charge in [-0.2, -0.15) is 0 Å². The van der Waals surface area contributed by atoms with Gasteiger partial charge in [0.1, 0.15) is 4.99 Å². The normalized spacial score (nSPS) is 14.3. The Bertz CT molecular complexity index is 500. The van der Waals surface area contributed by atoms with Crippen molar-refractivity contribution in [2.24, 2.45) is 5.73 Å². The summed E-state index contributed by atoms with van der Waals surface area (Å²) in [5, 5.41) is 2.95. The molecule has 1 aliphatic rings. The van der Waals surface area contributed by atoms with Gasteiger partial charge in [-0.25, -0.2) is 0 Å². The van der Waals surface area contributed by atoms with Crippen molar-refractivity contribution in [3.05, 3.63) is 35.4 Å². The van der Waals surface area contributed by atoms with Crippen LogP contribution in [0.1, 0.15) is 35.7 Å². The summed E-state index contributed by atoms with van der Waals surface area (Å²) in [5.41, 5.74) is 6.90. The molecule has 5 heteroatoms. The van der Waals surface area contributed by atoms with E-state index in [1.165, 1.54) is 12.8 Å². The van der Waals surface area contributed by atoms with Gasteiger partial charge in [0.15, 0.2) is 0 Å². The van der Waals surface area contributed by atoms with Crippen LogP contribution in [0.3, 0.4) is 0 Å². The van der Waals surface area contributed by atoms with Gasteiger partial charge >= 0.3 is 0 Å². The number of nitrogens with zero attached hydrogens (tertiary/aromatic N) is 1. The van der Waals surface area contributed by atoms with Crippen LogP contribution >= 0.6 is 12.2 Å². The lowest BCUT2D eigenvalue weighted by molar-refractivity contribution is 0.0948. The fourth-order valence-corrected chi connectivity index (χ4v) is 2.39. The highest BCUT2D eigenvalue weighted by molar-refractivity contribution is 7.80. The van der Waals surface area contributed by atoms with Gasteiger partial charge in [-0.3, -0.25) is 9.69 Å². The van der Waals surface area contributed by atoms with Crippen molar-refractivity contribution in [3.63, 3.8) is 0 Å². The number of carbonyl (C=O) groups excluding carboxylic acids is 1. The standard InChI is InChI=1S/C15H21N3OS/c1-2-18(13-6-7-13)9-8-17-15(19)12-5-3-4-11(10-12)14(16)20/h3-5,10,13H,2,6-9H2,1H3,(H2,16,20)(H,17,19). The number of amides is 1. The van der Waals surface area contributed by atoms with Crippen molar-refractivity contribution in [2.45, 2.75) is 25.8 Å². The smallest absolute Gasteiger partial charge is 0.251 e. The van der Waals surface area contributed by atoms with Crippen LogP contribution in [-0.2, 0) is 0 Å². The molecule has 0 radical (unpaired) electrons. The van der Waals surface area contributed by atoms with E-state index >= 15 is 0 Å². The second kappa shape index (κ2) is 6.81. The monoisotopic (exact) mass is 291 g/mol. The predicted octanol–water partition coefficient (Wildman–Crippen LogP) is 1.53. The van der Waals surface area contributed by atoms with E-state index < -0.39 is 0 Å². The van der Waals surface area contributed by atoms with Gasteiger partial charge in [0.2, 0.25) is 0 Å². The Morgan fingerprint density at radius 2 is 2.15 bits per heavy atom. The molecule has 0 atom stereocenters. The van der Waals surface area contributed by atoms with E-state index in [4.69, 9.17) is 18.0 Å². The Kier molecular flexibility index (Phi) is 5.09. The van der Waals surface area contributed by atoms with Gasteiger partial charge in [-0.15, -0.1) is 0 Å². The van der Waals surface area contributed by atoms with Crippen molar-refractivity contribution in [1.82, 2.24) is 10.2 Å². The lowest BCUT2D eigenvalue weighted by atomic mass is 10.1. The fraction of sp³-hybridized carbons (Fsp3) is 0.467. The van der Waals surface area contributed by atoms with E-state index in [1.807, 2.05) is 6.07 Å². The third kappa shape index (κ3) is 4.02. The number of likely N-dealkylation sites (N-methyl/N-ethyl adjacent to an activating group) is 1. The minimum atomic E-state index is -0.0741. The maximum absolute atomic E-state index is 12.1. The van der Waals surface area contributed by atoms with Gasteiger partial charge in [-0.1, -0.05) is 31.3 Å². The highest BCUT2D eigenvalue weighted by atomic mass is 32.1. The average molecular weight is 291 g/mol. The number of nitrogens with one attached hydrogen (secondary N) is 1. The fourth-order valence-electron chi connectivity index (χ4n) is 2.27. The molecule has 0 spiro atoms. The first-order chi connectivity index (χ1) is 9.61. The number of carbonyl (C=O) groups is 1. The van der Waals surface area contributed by atoms with Crippen LogP contribution in [0.2, 0.25) is 0 Å². The Labute approximate surface area is 125 Å². The molecule has 1 saturated carbocycles. The van der Waals surface area contributed by atoms with E-state index in [-0.39, 0.29) is 5.91 Å². The number of benzene rings is 1. The predicted molar refractivity (Wildman–Crippen MR) is 84.9 cm³/mol. The molecule has 108 valence electrons. The molecule has 1 amide bonds. The molecule has 3 N–H and O–H groups in total. The van der Waals surface area contributed by atoms with Crippen LogP contribution in [0.15, 0.2) is 24.3 Å². The Morgan fingerprint density at radius 3 is 2.75 bits per heavy atom. The summed E-state index contributed by atoms with van der Waals surface area (Å²) in [4.78, 5) is 14.8. The zero-order chi connectivity index (χ0) is 14.5. The number of thiocarbonyl (C=S) groups is 1. The minimum Gasteiger partial charge on any atom is -0.389 e. The summed E-state index contributed by atoms with van der Waals surface area (Å²) in [6, 6.07) is 7.85. The molecule has 4 nitrogen and oxygen atoms in total. The molecule has 0 aliphatic heterocycles. The quantitative estimate of drug-likeness (QED) is 0.748. The largest absolute Gasteiger partial charge is 0.389 e. The van der Waals surface area contributed by atoms with Crippen LogP contribution < -0.4 is 11.1 Å². The molecule has 1 aliphatic carbocycles. The maximum Gasteiger partial charge on any atom is 0.251 e. The molecule has 20 heavy (non-hydrogen) atoms. The third-order valence-corrected chi connectivity index (χ3v) is 3.80. The molecule has 2 rings (SSSR count). The van der Waals surface area contributed by atoms with E-state index in [9.17, 15) is 4.79 Å².